The SMILES string of the molecule is CC[S+](C)CCO. The molecule has 1 nitrogen and oxygen atoms in total. The van der Waals surface area contributed by atoms with E-state index in [-0.39, 0.29) is 0 Å². The molecule has 0 aliphatic heterocycles. The maximum atomic E-state index is 8.37. The van der Waals surface area contributed by atoms with E-state index in [1.807, 2.05) is 0 Å². The second-order valence-electron chi connectivity index (χ2n) is 1.50. The Bertz CT molecular complexity index is 39.1. The highest BCUT2D eigenvalue weighted by molar-refractivity contribution is 7.96. The predicted octanol–water partition coefficient (Wildman–Crippen LogP) is 0.247. The van der Waals surface area contributed by atoms with Crippen molar-refractivity contribution in [1.29, 1.82) is 0 Å². The van der Waals surface area contributed by atoms with Crippen molar-refractivity contribution in [2.24, 2.45) is 0 Å². The van der Waals surface area contributed by atoms with Gasteiger partial charge in [0.1, 0.15) is 11.5 Å². The van der Waals surface area contributed by atoms with Gasteiger partial charge in [0, 0.05) is 0 Å². The number of hydrogen-bond donors (Lipinski definition) is 1. The lowest BCUT2D eigenvalue weighted by Gasteiger charge is -1.93. The Morgan fingerprint density at radius 1 is 1.57 bits per heavy atom. The third-order valence-corrected chi connectivity index (χ3v) is 2.80. The molecule has 0 bridgehead atoms. The molecule has 0 aliphatic carbocycles. The lowest BCUT2D eigenvalue weighted by Crippen LogP contribution is -2.09. The molecule has 0 rings (SSSR count). The zero-order valence-corrected chi connectivity index (χ0v) is 5.79. The van der Waals surface area contributed by atoms with Crippen molar-refractivity contribution in [2.75, 3.05) is 24.4 Å². The fourth-order valence-electron chi connectivity index (χ4n) is 0.300. The summed E-state index contributed by atoms with van der Waals surface area (Å²) in [7, 11) is 0.473. The third kappa shape index (κ3) is 4.16. The first-order valence-corrected chi connectivity index (χ1v) is 4.48. The molecule has 44 valence electrons. The molecular weight excluding hydrogens is 108 g/mol. The molecule has 0 amide bonds. The zero-order valence-electron chi connectivity index (χ0n) is 4.98. The van der Waals surface area contributed by atoms with E-state index >= 15 is 0 Å². The number of hydrogen-bond acceptors (Lipinski definition) is 1. The van der Waals surface area contributed by atoms with E-state index in [4.69, 9.17) is 5.11 Å². The molecule has 1 unspecified atom stereocenters. The number of rotatable bonds is 3. The van der Waals surface area contributed by atoms with Crippen LogP contribution in [0.1, 0.15) is 6.92 Å². The molecule has 2 heteroatoms. The average molecular weight is 121 g/mol. The Morgan fingerprint density at radius 2 is 2.14 bits per heavy atom. The van der Waals surface area contributed by atoms with Crippen molar-refractivity contribution in [3.8, 4) is 0 Å². The summed E-state index contributed by atoms with van der Waals surface area (Å²) in [4.78, 5) is 0. The van der Waals surface area contributed by atoms with E-state index in [0.717, 1.165) is 5.75 Å². The quantitative estimate of drug-likeness (QED) is 0.531. The van der Waals surface area contributed by atoms with Gasteiger partial charge in [-0.05, 0) is 17.8 Å². The largest absolute Gasteiger partial charge is 0.391 e. The number of aliphatic hydroxyl groups excluding tert-OH is 1. The molecule has 0 aromatic carbocycles. The molecule has 0 radical (unpaired) electrons. The number of aliphatic hydroxyl groups is 1. The van der Waals surface area contributed by atoms with E-state index < -0.39 is 0 Å². The molecule has 0 saturated carbocycles. The first-order valence-electron chi connectivity index (χ1n) is 2.51. The molecule has 0 aliphatic rings. The molecule has 0 fully saturated rings. The molecule has 7 heavy (non-hydrogen) atoms. The summed E-state index contributed by atoms with van der Waals surface area (Å²) in [5.41, 5.74) is 0. The van der Waals surface area contributed by atoms with Crippen LogP contribution < -0.4 is 0 Å². The molecular formula is C5H13OS+. The Labute approximate surface area is 48.1 Å². The maximum Gasteiger partial charge on any atom is 0.130 e. The van der Waals surface area contributed by atoms with E-state index in [0.29, 0.717) is 17.5 Å². The second kappa shape index (κ2) is 4.47. The topological polar surface area (TPSA) is 20.2 Å². The van der Waals surface area contributed by atoms with Crippen LogP contribution in [-0.4, -0.2) is 29.5 Å². The van der Waals surface area contributed by atoms with E-state index in [1.165, 1.54) is 5.75 Å². The van der Waals surface area contributed by atoms with Gasteiger partial charge in [-0.2, -0.15) is 0 Å². The summed E-state index contributed by atoms with van der Waals surface area (Å²) in [5.74, 6) is 2.19. The van der Waals surface area contributed by atoms with Crippen molar-refractivity contribution in [3.63, 3.8) is 0 Å². The Hall–Kier alpha value is 0.310. The summed E-state index contributed by atoms with van der Waals surface area (Å²) in [5, 5.41) is 8.37. The Kier molecular flexibility index (Phi) is 4.67. The fourth-order valence-corrected chi connectivity index (χ4v) is 0.901. The van der Waals surface area contributed by atoms with Crippen molar-refractivity contribution >= 4 is 10.9 Å². The molecule has 0 spiro atoms. The van der Waals surface area contributed by atoms with Crippen LogP contribution in [0.3, 0.4) is 0 Å². The van der Waals surface area contributed by atoms with Crippen LogP contribution in [0.4, 0.5) is 0 Å². The van der Waals surface area contributed by atoms with Crippen LogP contribution in [0.2, 0.25) is 0 Å². The zero-order chi connectivity index (χ0) is 5.70. The molecule has 0 aromatic rings. The summed E-state index contributed by atoms with van der Waals surface area (Å²) in [6, 6.07) is 0. The monoisotopic (exact) mass is 121 g/mol. The molecule has 0 heterocycles. The highest BCUT2D eigenvalue weighted by atomic mass is 32.2. The first-order chi connectivity index (χ1) is 3.31. The van der Waals surface area contributed by atoms with E-state index in [1.54, 1.807) is 0 Å². The predicted molar refractivity (Wildman–Crippen MR) is 35.8 cm³/mol. The second-order valence-corrected chi connectivity index (χ2v) is 4.05. The van der Waals surface area contributed by atoms with Crippen LogP contribution >= 0.6 is 0 Å². The van der Waals surface area contributed by atoms with Crippen LogP contribution in [0.5, 0.6) is 0 Å². The Morgan fingerprint density at radius 3 is 2.29 bits per heavy atom. The van der Waals surface area contributed by atoms with Gasteiger partial charge >= 0.3 is 0 Å². The normalized spacial score (nSPS) is 14.1. The third-order valence-electron chi connectivity index (χ3n) is 0.933. The van der Waals surface area contributed by atoms with Gasteiger partial charge in [0.05, 0.1) is 12.9 Å². The van der Waals surface area contributed by atoms with Crippen molar-refractivity contribution in [2.45, 2.75) is 6.92 Å². The molecule has 1 N–H and O–H groups in total. The summed E-state index contributed by atoms with van der Waals surface area (Å²) in [6.45, 7) is 2.51. The van der Waals surface area contributed by atoms with Crippen LogP contribution in [0, 0.1) is 0 Å². The average Bonchev–Trinajstić information content (AvgIpc) is 1.68. The van der Waals surface area contributed by atoms with Crippen molar-refractivity contribution in [1.82, 2.24) is 0 Å². The summed E-state index contributed by atoms with van der Waals surface area (Å²) < 4.78 is 0. The highest BCUT2D eigenvalue weighted by Crippen LogP contribution is 1.86. The molecule has 1 atom stereocenters. The van der Waals surface area contributed by atoms with Gasteiger partial charge in [0.25, 0.3) is 0 Å². The van der Waals surface area contributed by atoms with E-state index in [9.17, 15) is 0 Å². The van der Waals surface area contributed by atoms with Gasteiger partial charge in [-0.15, -0.1) is 0 Å². The summed E-state index contributed by atoms with van der Waals surface area (Å²) >= 11 is 0. The Balaban J connectivity index is 2.83. The van der Waals surface area contributed by atoms with Crippen molar-refractivity contribution in [3.05, 3.63) is 0 Å². The van der Waals surface area contributed by atoms with Gasteiger partial charge < -0.3 is 5.11 Å². The van der Waals surface area contributed by atoms with Crippen LogP contribution in [0.15, 0.2) is 0 Å². The lowest BCUT2D eigenvalue weighted by atomic mass is 10.9. The minimum absolute atomic E-state index is 0.355. The van der Waals surface area contributed by atoms with Gasteiger partial charge in [0.15, 0.2) is 0 Å². The molecule has 0 saturated heterocycles. The van der Waals surface area contributed by atoms with Gasteiger partial charge in [-0.25, -0.2) is 0 Å². The minimum atomic E-state index is 0.355. The van der Waals surface area contributed by atoms with Gasteiger partial charge in [-0.1, -0.05) is 0 Å². The maximum absolute atomic E-state index is 8.37. The van der Waals surface area contributed by atoms with E-state index in [2.05, 4.69) is 13.2 Å². The summed E-state index contributed by atoms with van der Waals surface area (Å²) in [6.07, 6.45) is 2.18. The van der Waals surface area contributed by atoms with Gasteiger partial charge in [0.2, 0.25) is 0 Å². The smallest absolute Gasteiger partial charge is 0.130 e. The van der Waals surface area contributed by atoms with Crippen LogP contribution in [-0.2, 0) is 10.9 Å². The van der Waals surface area contributed by atoms with Crippen LogP contribution in [0.25, 0.3) is 0 Å². The molecule has 0 aromatic heterocycles. The van der Waals surface area contributed by atoms with Crippen molar-refractivity contribution < 1.29 is 5.11 Å². The lowest BCUT2D eigenvalue weighted by molar-refractivity contribution is 0.322. The first kappa shape index (κ1) is 7.31. The van der Waals surface area contributed by atoms with Gasteiger partial charge in [-0.3, -0.25) is 0 Å². The standard InChI is InChI=1S/C5H13OS/c1-3-7(2)5-4-6/h6H,3-5H2,1-2H3/q+1. The minimum Gasteiger partial charge on any atom is -0.391 e. The fraction of sp³-hybridized carbons (Fsp3) is 1.00. The highest BCUT2D eigenvalue weighted by Gasteiger charge is 2.02.